The topological polar surface area (TPSA) is 55.1 Å². The van der Waals surface area contributed by atoms with Gasteiger partial charge in [0.2, 0.25) is 0 Å². The number of benzene rings is 1. The second kappa shape index (κ2) is 4.68. The summed E-state index contributed by atoms with van der Waals surface area (Å²) in [6, 6.07) is 10.3. The predicted molar refractivity (Wildman–Crippen MR) is 74.3 cm³/mol. The van der Waals surface area contributed by atoms with E-state index in [1.807, 2.05) is 32.2 Å². The van der Waals surface area contributed by atoms with Crippen LogP contribution in [-0.4, -0.2) is 26.6 Å². The van der Waals surface area contributed by atoms with E-state index in [0.29, 0.717) is 5.78 Å². The fraction of sp³-hybridized carbons (Fsp3) is 0.214. The zero-order valence-electron chi connectivity index (χ0n) is 11.0. The lowest BCUT2D eigenvalue weighted by atomic mass is 10.0. The molecule has 5 heteroatoms. The van der Waals surface area contributed by atoms with Crippen molar-refractivity contribution in [2.75, 3.05) is 12.4 Å². The lowest BCUT2D eigenvalue weighted by Gasteiger charge is -2.12. The molecule has 0 amide bonds. The Hall–Kier alpha value is -2.43. The van der Waals surface area contributed by atoms with Gasteiger partial charge < -0.3 is 5.32 Å². The van der Waals surface area contributed by atoms with Crippen molar-refractivity contribution in [3.63, 3.8) is 0 Å². The van der Waals surface area contributed by atoms with Crippen molar-refractivity contribution in [2.24, 2.45) is 0 Å². The van der Waals surface area contributed by atoms with Crippen LogP contribution in [0.2, 0.25) is 0 Å². The molecule has 0 aliphatic rings. The number of aromatic nitrogens is 4. The molecule has 96 valence electrons. The minimum atomic E-state index is 0.624. The monoisotopic (exact) mass is 253 g/mol. The molecular formula is C14H15N5. The maximum Gasteiger partial charge on any atom is 0.254 e. The van der Waals surface area contributed by atoms with Crippen LogP contribution in [0.3, 0.4) is 0 Å². The molecule has 19 heavy (non-hydrogen) atoms. The summed E-state index contributed by atoms with van der Waals surface area (Å²) in [6.07, 6.45) is 2.35. The van der Waals surface area contributed by atoms with E-state index in [-0.39, 0.29) is 0 Å². The van der Waals surface area contributed by atoms with Gasteiger partial charge in [-0.15, -0.1) is 0 Å². The first-order chi connectivity index (χ1) is 9.29. The van der Waals surface area contributed by atoms with Crippen LogP contribution in [0, 0.1) is 6.92 Å². The first-order valence-corrected chi connectivity index (χ1v) is 6.20. The van der Waals surface area contributed by atoms with Crippen LogP contribution in [-0.2, 0) is 6.42 Å². The first kappa shape index (κ1) is 11.6. The summed E-state index contributed by atoms with van der Waals surface area (Å²) in [7, 11) is 1.89. The summed E-state index contributed by atoms with van der Waals surface area (Å²) in [4.78, 5) is 8.63. The number of aryl methyl sites for hydroxylation is 1. The third-order valence-electron chi connectivity index (χ3n) is 3.19. The number of hydrogen-bond acceptors (Lipinski definition) is 4. The lowest BCUT2D eigenvalue weighted by Crippen LogP contribution is -2.09. The molecule has 0 aliphatic heterocycles. The Bertz CT molecular complexity index is 702. The van der Waals surface area contributed by atoms with Crippen molar-refractivity contribution in [3.05, 3.63) is 53.5 Å². The Balaban J connectivity index is 2.14. The normalized spacial score (nSPS) is 10.8. The van der Waals surface area contributed by atoms with Crippen LogP contribution >= 0.6 is 0 Å². The highest BCUT2D eigenvalue weighted by atomic mass is 15.3. The van der Waals surface area contributed by atoms with Gasteiger partial charge in [-0.05, 0) is 12.5 Å². The van der Waals surface area contributed by atoms with E-state index in [0.717, 1.165) is 23.5 Å². The standard InChI is InChI=1S/C14H15N5/c1-10-12(8-11-6-4-3-5-7-11)13(15-2)19-14(18-10)16-9-17-19/h3-7,9,15H,8H2,1-2H3. The fourth-order valence-corrected chi connectivity index (χ4v) is 2.25. The number of rotatable bonds is 3. The average Bonchev–Trinajstić information content (AvgIpc) is 2.88. The molecule has 0 saturated carbocycles. The van der Waals surface area contributed by atoms with Crippen LogP contribution in [0.5, 0.6) is 0 Å². The highest BCUT2D eigenvalue weighted by Crippen LogP contribution is 2.21. The maximum absolute atomic E-state index is 4.49. The van der Waals surface area contributed by atoms with E-state index in [9.17, 15) is 0 Å². The molecule has 3 aromatic rings. The molecule has 0 spiro atoms. The fourth-order valence-electron chi connectivity index (χ4n) is 2.25. The van der Waals surface area contributed by atoms with Gasteiger partial charge in [0.1, 0.15) is 12.1 Å². The Morgan fingerprint density at radius 2 is 2.00 bits per heavy atom. The summed E-state index contributed by atoms with van der Waals surface area (Å²) < 4.78 is 1.74. The molecule has 0 aliphatic carbocycles. The molecule has 3 rings (SSSR count). The SMILES string of the molecule is CNc1c(Cc2ccccc2)c(C)nc2ncnn12. The molecule has 0 saturated heterocycles. The van der Waals surface area contributed by atoms with Gasteiger partial charge in [0, 0.05) is 24.7 Å². The highest BCUT2D eigenvalue weighted by Gasteiger charge is 2.13. The number of nitrogens with zero attached hydrogens (tertiary/aromatic N) is 4. The van der Waals surface area contributed by atoms with E-state index in [4.69, 9.17) is 0 Å². The largest absolute Gasteiger partial charge is 0.373 e. The van der Waals surface area contributed by atoms with E-state index >= 15 is 0 Å². The zero-order chi connectivity index (χ0) is 13.2. The van der Waals surface area contributed by atoms with Gasteiger partial charge in [-0.1, -0.05) is 30.3 Å². The molecular weight excluding hydrogens is 238 g/mol. The second-order valence-electron chi connectivity index (χ2n) is 4.41. The third-order valence-corrected chi connectivity index (χ3v) is 3.19. The molecule has 0 fully saturated rings. The van der Waals surface area contributed by atoms with Crippen LogP contribution < -0.4 is 5.32 Å². The molecule has 2 heterocycles. The number of nitrogens with one attached hydrogen (secondary N) is 1. The van der Waals surface area contributed by atoms with Gasteiger partial charge >= 0.3 is 0 Å². The van der Waals surface area contributed by atoms with Crippen molar-refractivity contribution in [3.8, 4) is 0 Å². The quantitative estimate of drug-likeness (QED) is 0.776. The Morgan fingerprint density at radius 1 is 1.21 bits per heavy atom. The number of anilines is 1. The van der Waals surface area contributed by atoms with Crippen LogP contribution in [0.15, 0.2) is 36.7 Å². The van der Waals surface area contributed by atoms with E-state index < -0.39 is 0 Å². The average molecular weight is 253 g/mol. The van der Waals surface area contributed by atoms with Gasteiger partial charge in [0.15, 0.2) is 0 Å². The van der Waals surface area contributed by atoms with Crippen molar-refractivity contribution >= 4 is 11.6 Å². The van der Waals surface area contributed by atoms with Crippen molar-refractivity contribution in [1.29, 1.82) is 0 Å². The molecule has 1 aromatic carbocycles. The summed E-state index contributed by atoms with van der Waals surface area (Å²) in [6.45, 7) is 2.01. The van der Waals surface area contributed by atoms with Gasteiger partial charge in [-0.2, -0.15) is 14.6 Å². The Labute approximate surface area is 111 Å². The van der Waals surface area contributed by atoms with Crippen molar-refractivity contribution in [2.45, 2.75) is 13.3 Å². The second-order valence-corrected chi connectivity index (χ2v) is 4.41. The Kier molecular flexibility index (Phi) is 2.87. The summed E-state index contributed by atoms with van der Waals surface area (Å²) in [5.74, 6) is 1.57. The van der Waals surface area contributed by atoms with E-state index in [1.54, 1.807) is 4.52 Å². The summed E-state index contributed by atoms with van der Waals surface area (Å²) in [5, 5.41) is 7.42. The minimum absolute atomic E-state index is 0.624. The predicted octanol–water partition coefficient (Wildman–Crippen LogP) is 2.07. The third kappa shape index (κ3) is 2.03. The van der Waals surface area contributed by atoms with Gasteiger partial charge in [0.05, 0.1) is 0 Å². The summed E-state index contributed by atoms with van der Waals surface area (Å²) >= 11 is 0. The zero-order valence-corrected chi connectivity index (χ0v) is 11.0. The van der Waals surface area contributed by atoms with Crippen LogP contribution in [0.4, 0.5) is 5.82 Å². The highest BCUT2D eigenvalue weighted by molar-refractivity contribution is 5.53. The summed E-state index contributed by atoms with van der Waals surface area (Å²) in [5.41, 5.74) is 3.38. The molecule has 2 aromatic heterocycles. The molecule has 0 bridgehead atoms. The maximum atomic E-state index is 4.49. The van der Waals surface area contributed by atoms with Crippen LogP contribution in [0.1, 0.15) is 16.8 Å². The van der Waals surface area contributed by atoms with Crippen molar-refractivity contribution in [1.82, 2.24) is 19.6 Å². The van der Waals surface area contributed by atoms with Gasteiger partial charge in [0.25, 0.3) is 5.78 Å². The molecule has 0 unspecified atom stereocenters. The first-order valence-electron chi connectivity index (χ1n) is 6.20. The minimum Gasteiger partial charge on any atom is -0.373 e. The molecule has 1 N–H and O–H groups in total. The van der Waals surface area contributed by atoms with Crippen LogP contribution in [0.25, 0.3) is 5.78 Å². The smallest absolute Gasteiger partial charge is 0.254 e. The number of fused-ring (bicyclic) bond motifs is 1. The molecule has 0 atom stereocenters. The van der Waals surface area contributed by atoms with E-state index in [2.05, 4.69) is 32.5 Å². The molecule has 0 radical (unpaired) electrons. The Morgan fingerprint density at radius 3 is 2.74 bits per heavy atom. The van der Waals surface area contributed by atoms with Gasteiger partial charge in [-0.25, -0.2) is 4.98 Å². The lowest BCUT2D eigenvalue weighted by molar-refractivity contribution is 0.906. The van der Waals surface area contributed by atoms with Gasteiger partial charge in [-0.3, -0.25) is 0 Å². The molecule has 5 nitrogen and oxygen atoms in total. The number of hydrogen-bond donors (Lipinski definition) is 1. The van der Waals surface area contributed by atoms with Crippen molar-refractivity contribution < 1.29 is 0 Å². The van der Waals surface area contributed by atoms with E-state index in [1.165, 1.54) is 11.9 Å².